The van der Waals surface area contributed by atoms with E-state index in [2.05, 4.69) is 55.2 Å². The molecule has 0 fully saturated rings. The molecule has 0 bridgehead atoms. The predicted octanol–water partition coefficient (Wildman–Crippen LogP) is -1.16. The van der Waals surface area contributed by atoms with Gasteiger partial charge in [-0.05, 0) is 0 Å². The predicted molar refractivity (Wildman–Crippen MR) is 61.8 cm³/mol. The van der Waals surface area contributed by atoms with E-state index >= 15 is 0 Å². The minimum absolute atomic E-state index is 0.284. The smallest absolute Gasteiger partial charge is 0.383 e. The SMILES string of the molecule is NC(S)C(=O)N(S)C(O)(S)C(=O)OS. The van der Waals surface area contributed by atoms with Crippen LogP contribution >= 0.6 is 51.0 Å². The van der Waals surface area contributed by atoms with Crippen molar-refractivity contribution in [3.8, 4) is 0 Å². The van der Waals surface area contributed by atoms with E-state index < -0.39 is 22.3 Å². The zero-order chi connectivity index (χ0) is 11.5. The monoisotopic (exact) mass is 276 g/mol. The molecule has 82 valence electrons. The van der Waals surface area contributed by atoms with Crippen LogP contribution in [-0.4, -0.2) is 31.7 Å². The Hall–Kier alpha value is 0.260. The lowest BCUT2D eigenvalue weighted by atomic mass is 10.5. The van der Waals surface area contributed by atoms with Gasteiger partial charge < -0.3 is 15.0 Å². The zero-order valence-corrected chi connectivity index (χ0v) is 10.1. The Labute approximate surface area is 102 Å². The molecule has 10 heteroatoms. The molecule has 0 radical (unpaired) electrons. The lowest BCUT2D eigenvalue weighted by molar-refractivity contribution is -0.157. The maximum atomic E-state index is 11.1. The molecule has 0 aliphatic rings. The van der Waals surface area contributed by atoms with Crippen LogP contribution < -0.4 is 5.73 Å². The first-order valence-corrected chi connectivity index (χ1v) is 4.75. The van der Waals surface area contributed by atoms with Gasteiger partial charge in [0.1, 0.15) is 5.37 Å². The van der Waals surface area contributed by atoms with Gasteiger partial charge in [-0.15, -0.1) is 12.6 Å². The average molecular weight is 276 g/mol. The fourth-order valence-corrected chi connectivity index (χ4v) is 1.18. The van der Waals surface area contributed by atoms with E-state index in [0.29, 0.717) is 0 Å². The van der Waals surface area contributed by atoms with E-state index in [1.54, 1.807) is 0 Å². The molecule has 0 saturated heterocycles. The van der Waals surface area contributed by atoms with Gasteiger partial charge in [-0.2, -0.15) is 12.6 Å². The van der Waals surface area contributed by atoms with Crippen LogP contribution in [0.5, 0.6) is 0 Å². The summed E-state index contributed by atoms with van der Waals surface area (Å²) in [5, 5.41) is 5.56. The summed E-state index contributed by atoms with van der Waals surface area (Å²) in [6.45, 7) is 0. The van der Waals surface area contributed by atoms with Crippen molar-refractivity contribution >= 4 is 62.9 Å². The number of hydrogen-bond donors (Lipinski definition) is 6. The molecule has 0 spiro atoms. The van der Waals surface area contributed by atoms with E-state index in [4.69, 9.17) is 5.73 Å². The van der Waals surface area contributed by atoms with Crippen molar-refractivity contribution in [1.82, 2.24) is 4.31 Å². The third-order valence-corrected chi connectivity index (χ3v) is 2.53. The number of hydrogen-bond acceptors (Lipinski definition) is 9. The number of nitrogens with zero attached hydrogens (tertiary/aromatic N) is 1. The molecule has 2 unspecified atom stereocenters. The van der Waals surface area contributed by atoms with Gasteiger partial charge in [-0.3, -0.25) is 4.79 Å². The average Bonchev–Trinajstić information content (AvgIpc) is 2.13. The number of carbonyl (C=O) groups is 2. The third-order valence-electron chi connectivity index (χ3n) is 1.11. The van der Waals surface area contributed by atoms with Crippen molar-refractivity contribution in [2.75, 3.05) is 0 Å². The van der Waals surface area contributed by atoms with Crippen LogP contribution in [0.4, 0.5) is 0 Å². The van der Waals surface area contributed by atoms with E-state index in [1.807, 2.05) is 0 Å². The molecule has 0 aliphatic heterocycles. The van der Waals surface area contributed by atoms with Gasteiger partial charge in [0.2, 0.25) is 0 Å². The summed E-state index contributed by atoms with van der Waals surface area (Å²) in [6.07, 6.45) is 0. The fraction of sp³-hybridized carbons (Fsp3) is 0.500. The molecule has 0 aromatic rings. The highest BCUT2D eigenvalue weighted by atomic mass is 32.1. The number of nitrogens with two attached hydrogens (primary N) is 1. The Kier molecular flexibility index (Phi) is 5.47. The molecule has 0 rings (SSSR count). The van der Waals surface area contributed by atoms with Crippen molar-refractivity contribution < 1.29 is 18.9 Å². The molecular formula is C4H8N2O4S4. The first-order valence-electron chi connectivity index (χ1n) is 3.02. The lowest BCUT2D eigenvalue weighted by Crippen LogP contribution is -2.52. The molecular weight excluding hydrogens is 268 g/mol. The Morgan fingerprint density at radius 3 is 2.29 bits per heavy atom. The van der Waals surface area contributed by atoms with Crippen LogP contribution in [0.15, 0.2) is 0 Å². The minimum Gasteiger partial charge on any atom is -0.390 e. The normalized spacial score (nSPS) is 16.7. The lowest BCUT2D eigenvalue weighted by Gasteiger charge is -2.28. The summed E-state index contributed by atoms with van der Waals surface area (Å²) >= 11 is 13.7. The maximum absolute atomic E-state index is 11.1. The van der Waals surface area contributed by atoms with Gasteiger partial charge >= 0.3 is 5.97 Å². The van der Waals surface area contributed by atoms with Gasteiger partial charge in [-0.25, -0.2) is 9.10 Å². The third kappa shape index (κ3) is 3.14. The molecule has 0 aromatic heterocycles. The second kappa shape index (κ2) is 5.37. The fourth-order valence-electron chi connectivity index (χ4n) is 0.427. The van der Waals surface area contributed by atoms with E-state index in [9.17, 15) is 14.7 Å². The summed E-state index contributed by atoms with van der Waals surface area (Å²) in [5.41, 5.74) is 5.08. The largest absolute Gasteiger partial charge is 0.390 e. The standard InChI is InChI=1S/C4H8N2O4S4/c5-1(11)2(7)6(13)4(9,12)3(8)10-14/h1,9,11-14H,5H2. The van der Waals surface area contributed by atoms with E-state index in [1.165, 1.54) is 0 Å². The van der Waals surface area contributed by atoms with E-state index in [-0.39, 0.29) is 4.31 Å². The van der Waals surface area contributed by atoms with Gasteiger partial charge in [-0.1, -0.05) is 12.8 Å². The number of rotatable bonds is 3. The molecule has 2 atom stereocenters. The highest BCUT2D eigenvalue weighted by molar-refractivity contribution is 7.85. The Bertz CT molecular complexity index is 245. The van der Waals surface area contributed by atoms with Crippen LogP contribution in [-0.2, 0) is 13.8 Å². The second-order valence-corrected chi connectivity index (χ2v) is 3.87. The Morgan fingerprint density at radius 1 is 1.57 bits per heavy atom. The van der Waals surface area contributed by atoms with Crippen molar-refractivity contribution in [1.29, 1.82) is 0 Å². The topological polar surface area (TPSA) is 92.9 Å². The molecule has 14 heavy (non-hydrogen) atoms. The first kappa shape index (κ1) is 14.3. The molecule has 0 aliphatic carbocycles. The molecule has 0 saturated carbocycles. The van der Waals surface area contributed by atoms with Crippen LogP contribution in [0.1, 0.15) is 0 Å². The van der Waals surface area contributed by atoms with Crippen molar-refractivity contribution in [2.45, 2.75) is 10.4 Å². The minimum atomic E-state index is -2.55. The Morgan fingerprint density at radius 2 is 2.00 bits per heavy atom. The zero-order valence-electron chi connectivity index (χ0n) is 6.56. The highest BCUT2D eigenvalue weighted by Gasteiger charge is 2.43. The number of thiol groups is 4. The first-order chi connectivity index (χ1) is 6.25. The van der Waals surface area contributed by atoms with Crippen LogP contribution in [0, 0.1) is 0 Å². The maximum Gasteiger partial charge on any atom is 0.383 e. The second-order valence-electron chi connectivity index (χ2n) is 2.11. The quantitative estimate of drug-likeness (QED) is 0.222. The van der Waals surface area contributed by atoms with Gasteiger partial charge in [0.15, 0.2) is 0 Å². The number of aliphatic hydroxyl groups is 1. The molecule has 1 amide bonds. The summed E-state index contributed by atoms with van der Waals surface area (Å²) < 4.78 is 4.17. The number of carbonyl (C=O) groups excluding carboxylic acids is 2. The summed E-state index contributed by atoms with van der Waals surface area (Å²) in [4.78, 5) is 22.0. The highest BCUT2D eigenvalue weighted by Crippen LogP contribution is 2.22. The number of amides is 1. The molecule has 6 nitrogen and oxygen atoms in total. The molecule has 3 N–H and O–H groups in total. The summed E-state index contributed by atoms with van der Waals surface area (Å²) in [7, 11) is 0. The Balaban J connectivity index is 4.74. The van der Waals surface area contributed by atoms with Crippen molar-refractivity contribution in [3.05, 3.63) is 0 Å². The van der Waals surface area contributed by atoms with Gasteiger partial charge in [0.25, 0.3) is 11.0 Å². The van der Waals surface area contributed by atoms with Crippen molar-refractivity contribution in [3.63, 3.8) is 0 Å². The molecule has 0 aromatic carbocycles. The van der Waals surface area contributed by atoms with Crippen LogP contribution in [0.25, 0.3) is 0 Å². The van der Waals surface area contributed by atoms with Crippen LogP contribution in [0.2, 0.25) is 0 Å². The van der Waals surface area contributed by atoms with Gasteiger partial charge in [0.05, 0.1) is 0 Å². The molecule has 0 heterocycles. The van der Waals surface area contributed by atoms with Crippen molar-refractivity contribution in [2.24, 2.45) is 5.73 Å². The van der Waals surface area contributed by atoms with E-state index in [0.717, 1.165) is 0 Å². The van der Waals surface area contributed by atoms with Crippen LogP contribution in [0.3, 0.4) is 0 Å². The summed E-state index contributed by atoms with van der Waals surface area (Å²) in [5.74, 6) is -2.21. The summed E-state index contributed by atoms with van der Waals surface area (Å²) in [6, 6.07) is 0. The van der Waals surface area contributed by atoms with Gasteiger partial charge in [0, 0.05) is 12.9 Å².